The number of hydrogen-bond donors (Lipinski definition) is 1. The van der Waals surface area contributed by atoms with Gasteiger partial charge in [0.1, 0.15) is 12.1 Å². The SMILES string of the molecule is Cc1csc2c(NCC(C)(C)c3ccccc3)ncnc12. The van der Waals surface area contributed by atoms with E-state index in [1.165, 1.54) is 11.1 Å². The molecule has 0 aliphatic heterocycles. The van der Waals surface area contributed by atoms with Crippen LogP contribution in [0, 0.1) is 6.92 Å². The van der Waals surface area contributed by atoms with E-state index < -0.39 is 0 Å². The van der Waals surface area contributed by atoms with Gasteiger partial charge in [0.25, 0.3) is 0 Å². The van der Waals surface area contributed by atoms with Gasteiger partial charge in [-0.05, 0) is 23.4 Å². The third-order valence-electron chi connectivity index (χ3n) is 3.78. The monoisotopic (exact) mass is 297 g/mol. The Morgan fingerprint density at radius 2 is 1.90 bits per heavy atom. The molecule has 0 saturated carbocycles. The van der Waals surface area contributed by atoms with Crippen molar-refractivity contribution in [2.24, 2.45) is 0 Å². The molecule has 0 bridgehead atoms. The maximum atomic E-state index is 4.41. The molecule has 21 heavy (non-hydrogen) atoms. The van der Waals surface area contributed by atoms with E-state index >= 15 is 0 Å². The summed E-state index contributed by atoms with van der Waals surface area (Å²) in [5, 5.41) is 5.63. The molecule has 0 amide bonds. The van der Waals surface area contributed by atoms with Crippen molar-refractivity contribution in [3.05, 3.63) is 53.2 Å². The van der Waals surface area contributed by atoms with Crippen molar-refractivity contribution in [2.45, 2.75) is 26.2 Å². The summed E-state index contributed by atoms with van der Waals surface area (Å²) in [7, 11) is 0. The number of hydrogen-bond acceptors (Lipinski definition) is 4. The Kier molecular flexibility index (Phi) is 3.64. The van der Waals surface area contributed by atoms with Gasteiger partial charge in [0.2, 0.25) is 0 Å². The Balaban J connectivity index is 1.83. The first kappa shape index (κ1) is 14.0. The first-order chi connectivity index (χ1) is 10.1. The van der Waals surface area contributed by atoms with Gasteiger partial charge in [-0.3, -0.25) is 0 Å². The summed E-state index contributed by atoms with van der Waals surface area (Å²) in [5.41, 5.74) is 3.63. The van der Waals surface area contributed by atoms with Crippen molar-refractivity contribution in [2.75, 3.05) is 11.9 Å². The quantitative estimate of drug-likeness (QED) is 0.776. The highest BCUT2D eigenvalue weighted by molar-refractivity contribution is 7.18. The highest BCUT2D eigenvalue weighted by atomic mass is 32.1. The highest BCUT2D eigenvalue weighted by Crippen LogP contribution is 2.30. The summed E-state index contributed by atoms with van der Waals surface area (Å²) in [5.74, 6) is 0.933. The Morgan fingerprint density at radius 1 is 1.14 bits per heavy atom. The molecule has 1 aromatic carbocycles. The summed E-state index contributed by atoms with van der Waals surface area (Å²) in [6.45, 7) is 7.41. The average molecular weight is 297 g/mol. The van der Waals surface area contributed by atoms with Gasteiger partial charge in [0, 0.05) is 12.0 Å². The van der Waals surface area contributed by atoms with Gasteiger partial charge in [-0.2, -0.15) is 0 Å². The fourth-order valence-electron chi connectivity index (χ4n) is 2.39. The van der Waals surface area contributed by atoms with E-state index in [0.29, 0.717) is 0 Å². The molecule has 3 rings (SSSR count). The number of aryl methyl sites for hydroxylation is 1. The summed E-state index contributed by atoms with van der Waals surface area (Å²) in [6.07, 6.45) is 1.64. The summed E-state index contributed by atoms with van der Waals surface area (Å²) < 4.78 is 1.14. The predicted octanol–water partition coefficient (Wildman–Crippen LogP) is 4.39. The summed E-state index contributed by atoms with van der Waals surface area (Å²) in [4.78, 5) is 8.77. The highest BCUT2D eigenvalue weighted by Gasteiger charge is 2.20. The molecule has 108 valence electrons. The van der Waals surface area contributed by atoms with Crippen LogP contribution in [0.15, 0.2) is 42.0 Å². The molecule has 0 fully saturated rings. The number of benzene rings is 1. The van der Waals surface area contributed by atoms with Gasteiger partial charge in [0.15, 0.2) is 0 Å². The van der Waals surface area contributed by atoms with E-state index in [2.05, 4.69) is 71.8 Å². The fourth-order valence-corrected chi connectivity index (χ4v) is 3.36. The van der Waals surface area contributed by atoms with Crippen molar-refractivity contribution in [3.8, 4) is 0 Å². The van der Waals surface area contributed by atoms with Gasteiger partial charge in [-0.15, -0.1) is 11.3 Å². The van der Waals surface area contributed by atoms with Crippen LogP contribution in [0.1, 0.15) is 25.0 Å². The lowest BCUT2D eigenvalue weighted by atomic mass is 9.84. The van der Waals surface area contributed by atoms with Gasteiger partial charge in [0.05, 0.1) is 10.2 Å². The summed E-state index contributed by atoms with van der Waals surface area (Å²) in [6, 6.07) is 10.6. The van der Waals surface area contributed by atoms with Crippen molar-refractivity contribution in [3.63, 3.8) is 0 Å². The van der Waals surface area contributed by atoms with Gasteiger partial charge in [-0.1, -0.05) is 44.2 Å². The molecule has 0 saturated heterocycles. The van der Waals surface area contributed by atoms with E-state index in [1.54, 1.807) is 17.7 Å². The molecule has 3 aromatic rings. The third kappa shape index (κ3) is 2.76. The zero-order valence-electron chi connectivity index (χ0n) is 12.6. The van der Waals surface area contributed by atoms with E-state index in [1.807, 2.05) is 0 Å². The predicted molar refractivity (Wildman–Crippen MR) is 90.1 cm³/mol. The van der Waals surface area contributed by atoms with E-state index in [4.69, 9.17) is 0 Å². The Labute approximate surface area is 129 Å². The zero-order valence-corrected chi connectivity index (χ0v) is 13.4. The molecule has 0 spiro atoms. The van der Waals surface area contributed by atoms with Crippen molar-refractivity contribution >= 4 is 27.4 Å². The van der Waals surface area contributed by atoms with Crippen LogP contribution in [0.3, 0.4) is 0 Å². The molecule has 0 atom stereocenters. The van der Waals surface area contributed by atoms with E-state index in [0.717, 1.165) is 22.6 Å². The second-order valence-corrected chi connectivity index (χ2v) is 6.80. The number of fused-ring (bicyclic) bond motifs is 1. The van der Waals surface area contributed by atoms with Crippen molar-refractivity contribution in [1.82, 2.24) is 9.97 Å². The molecule has 0 unspecified atom stereocenters. The molecule has 0 aliphatic carbocycles. The van der Waals surface area contributed by atoms with Crippen LogP contribution < -0.4 is 5.32 Å². The van der Waals surface area contributed by atoms with Gasteiger partial charge < -0.3 is 5.32 Å². The minimum Gasteiger partial charge on any atom is -0.368 e. The second-order valence-electron chi connectivity index (χ2n) is 5.92. The minimum atomic E-state index is 0.0465. The lowest BCUT2D eigenvalue weighted by Gasteiger charge is -2.26. The summed E-state index contributed by atoms with van der Waals surface area (Å²) >= 11 is 1.70. The normalized spacial score (nSPS) is 11.8. The Bertz CT molecular complexity index is 747. The molecule has 0 radical (unpaired) electrons. The van der Waals surface area contributed by atoms with E-state index in [9.17, 15) is 0 Å². The van der Waals surface area contributed by atoms with Crippen molar-refractivity contribution < 1.29 is 0 Å². The lowest BCUT2D eigenvalue weighted by molar-refractivity contribution is 0.556. The third-order valence-corrected chi connectivity index (χ3v) is 4.88. The van der Waals surface area contributed by atoms with Crippen LogP contribution >= 0.6 is 11.3 Å². The Morgan fingerprint density at radius 3 is 2.67 bits per heavy atom. The van der Waals surface area contributed by atoms with Crippen LogP contribution in [0.25, 0.3) is 10.2 Å². The van der Waals surface area contributed by atoms with Gasteiger partial charge >= 0.3 is 0 Å². The van der Waals surface area contributed by atoms with Crippen LogP contribution in [0.2, 0.25) is 0 Å². The molecular weight excluding hydrogens is 278 g/mol. The molecule has 2 heterocycles. The van der Waals surface area contributed by atoms with Crippen LogP contribution in [0.5, 0.6) is 0 Å². The number of anilines is 1. The van der Waals surface area contributed by atoms with Crippen LogP contribution in [-0.2, 0) is 5.41 Å². The van der Waals surface area contributed by atoms with E-state index in [-0.39, 0.29) is 5.41 Å². The topological polar surface area (TPSA) is 37.8 Å². The van der Waals surface area contributed by atoms with Crippen LogP contribution in [0.4, 0.5) is 5.82 Å². The zero-order chi connectivity index (χ0) is 14.9. The number of nitrogens with one attached hydrogen (secondary N) is 1. The number of rotatable bonds is 4. The molecular formula is C17H19N3S. The standard InChI is InChI=1S/C17H19N3S/c1-12-9-21-15-14(12)19-11-20-16(15)18-10-17(2,3)13-7-5-4-6-8-13/h4-9,11H,10H2,1-3H3,(H,18,19,20). The van der Waals surface area contributed by atoms with Crippen LogP contribution in [-0.4, -0.2) is 16.5 Å². The smallest absolute Gasteiger partial charge is 0.147 e. The Hall–Kier alpha value is -1.94. The first-order valence-electron chi connectivity index (χ1n) is 7.06. The average Bonchev–Trinajstić information content (AvgIpc) is 2.88. The lowest BCUT2D eigenvalue weighted by Crippen LogP contribution is -2.27. The molecule has 1 N–H and O–H groups in total. The van der Waals surface area contributed by atoms with Gasteiger partial charge in [-0.25, -0.2) is 9.97 Å². The molecule has 2 aromatic heterocycles. The first-order valence-corrected chi connectivity index (χ1v) is 7.94. The molecule has 4 heteroatoms. The molecule has 3 nitrogen and oxygen atoms in total. The second kappa shape index (κ2) is 5.45. The number of nitrogens with zero attached hydrogens (tertiary/aromatic N) is 2. The number of thiophene rings is 1. The van der Waals surface area contributed by atoms with Crippen molar-refractivity contribution in [1.29, 1.82) is 0 Å². The largest absolute Gasteiger partial charge is 0.368 e. The molecule has 0 aliphatic rings. The fraction of sp³-hybridized carbons (Fsp3) is 0.294. The maximum absolute atomic E-state index is 4.41. The maximum Gasteiger partial charge on any atom is 0.147 e. The minimum absolute atomic E-state index is 0.0465. The number of aromatic nitrogens is 2.